The molecule has 0 radical (unpaired) electrons. The smallest absolute Gasteiger partial charge is 0.194 e. The van der Waals surface area contributed by atoms with Gasteiger partial charge in [0.2, 0.25) is 0 Å². The highest BCUT2D eigenvalue weighted by molar-refractivity contribution is 7.66. The first-order chi connectivity index (χ1) is 22.4. The normalized spacial score (nSPS) is 22.0. The van der Waals surface area contributed by atoms with E-state index in [9.17, 15) is 27.9 Å². The first-order valence-electron chi connectivity index (χ1n) is 14.7. The highest BCUT2D eigenvalue weighted by atomic mass is 35.5. The summed E-state index contributed by atoms with van der Waals surface area (Å²) in [6, 6.07) is 5.17. The molecule has 4 aromatic rings. The summed E-state index contributed by atoms with van der Waals surface area (Å²) in [5.41, 5.74) is 0.231. The van der Waals surface area contributed by atoms with Crippen molar-refractivity contribution >= 4 is 30.3 Å². The fourth-order valence-corrected chi connectivity index (χ4v) is 7.03. The molecule has 0 spiro atoms. The lowest BCUT2D eigenvalue weighted by Gasteiger charge is -2.43. The molecular weight excluding hydrogens is 683 g/mol. The van der Waals surface area contributed by atoms with Crippen molar-refractivity contribution < 1.29 is 37.4 Å². The Morgan fingerprint density at radius 3 is 2.49 bits per heavy atom. The van der Waals surface area contributed by atoms with E-state index < -0.39 is 61.7 Å². The maximum atomic E-state index is 14.1. The van der Waals surface area contributed by atoms with Crippen LogP contribution in [-0.2, 0) is 14.0 Å². The average molecular weight is 715 g/mol. The van der Waals surface area contributed by atoms with Crippen LogP contribution < -0.4 is 0 Å². The van der Waals surface area contributed by atoms with Gasteiger partial charge >= 0.3 is 0 Å². The van der Waals surface area contributed by atoms with Gasteiger partial charge in [-0.2, -0.15) is 5.10 Å². The van der Waals surface area contributed by atoms with Crippen molar-refractivity contribution in [2.24, 2.45) is 0 Å². The Labute approximate surface area is 278 Å². The van der Waals surface area contributed by atoms with Crippen molar-refractivity contribution in [3.63, 3.8) is 0 Å². The Morgan fingerprint density at radius 1 is 1.13 bits per heavy atom. The Balaban J connectivity index is 1.62. The summed E-state index contributed by atoms with van der Waals surface area (Å²) in [6.45, 7) is 4.60. The van der Waals surface area contributed by atoms with Gasteiger partial charge in [-0.05, 0) is 43.1 Å². The van der Waals surface area contributed by atoms with Crippen LogP contribution >= 0.6 is 30.3 Å². The lowest BCUT2D eigenvalue weighted by atomic mass is 9.91. The van der Waals surface area contributed by atoms with Gasteiger partial charge in [0.05, 0.1) is 30.1 Å². The summed E-state index contributed by atoms with van der Waals surface area (Å²) in [5.74, 6) is -2.33. The second-order valence-electron chi connectivity index (χ2n) is 10.9. The second-order valence-corrected chi connectivity index (χ2v) is 15.2. The van der Waals surface area contributed by atoms with E-state index in [0.29, 0.717) is 33.9 Å². The first kappa shape index (κ1) is 35.2. The number of rotatable bonds is 11. The van der Waals surface area contributed by atoms with Crippen molar-refractivity contribution in [1.29, 1.82) is 0 Å². The lowest BCUT2D eigenvalue weighted by molar-refractivity contribution is -0.221. The minimum absolute atomic E-state index is 0.0335. The van der Waals surface area contributed by atoms with E-state index in [1.807, 2.05) is 13.8 Å². The van der Waals surface area contributed by atoms with Crippen LogP contribution in [-0.4, -0.2) is 83.8 Å². The van der Waals surface area contributed by atoms with Crippen molar-refractivity contribution in [3.8, 4) is 16.9 Å². The van der Waals surface area contributed by atoms with Gasteiger partial charge in [-0.15, -0.1) is 5.10 Å². The van der Waals surface area contributed by atoms with E-state index in [1.54, 1.807) is 37.0 Å². The maximum absolute atomic E-state index is 14.1. The van der Waals surface area contributed by atoms with Gasteiger partial charge in [-0.3, -0.25) is 0 Å². The molecule has 1 aliphatic rings. The molecule has 0 amide bonds. The number of halogens is 5. The van der Waals surface area contributed by atoms with Crippen molar-refractivity contribution in [1.82, 2.24) is 29.8 Å². The van der Waals surface area contributed by atoms with E-state index in [2.05, 4.69) is 20.4 Å². The molecule has 2 aromatic heterocycles. The molecule has 252 valence electrons. The number of hydrogen-bond donors (Lipinski definition) is 2. The fraction of sp³-hybridized carbons (Fsp3) is 0.400. The number of nitrogens with zero attached hydrogens (tertiary/aromatic N) is 6. The van der Waals surface area contributed by atoms with Crippen LogP contribution in [0.1, 0.15) is 37.6 Å². The van der Waals surface area contributed by atoms with Crippen LogP contribution in [0.25, 0.3) is 16.9 Å². The number of aliphatic hydroxyl groups excluding tert-OH is 2. The highest BCUT2D eigenvalue weighted by Crippen LogP contribution is 2.46. The molecule has 2 aromatic carbocycles. The number of benzene rings is 2. The summed E-state index contributed by atoms with van der Waals surface area (Å²) in [6.07, 6.45) is -1.07. The minimum Gasteiger partial charge on any atom is -0.394 e. The quantitative estimate of drug-likeness (QED) is 0.144. The van der Waals surface area contributed by atoms with E-state index in [4.69, 9.17) is 32.7 Å². The Bertz CT molecular complexity index is 1790. The third-order valence-corrected chi connectivity index (χ3v) is 11.4. The molecule has 47 heavy (non-hydrogen) atoms. The van der Waals surface area contributed by atoms with Gasteiger partial charge in [0.15, 0.2) is 23.3 Å². The van der Waals surface area contributed by atoms with Gasteiger partial charge in [-0.1, -0.05) is 48.3 Å². The molecule has 0 bridgehead atoms. The molecular formula is C30H32Cl2F3N6O5P. The van der Waals surface area contributed by atoms with E-state index in [0.717, 1.165) is 12.1 Å². The Kier molecular flexibility index (Phi) is 10.9. The van der Waals surface area contributed by atoms with Crippen LogP contribution in [0.5, 0.6) is 0 Å². The molecule has 17 heteroatoms. The van der Waals surface area contributed by atoms with Crippen LogP contribution in [0, 0.1) is 24.4 Å². The van der Waals surface area contributed by atoms with Gasteiger partial charge in [0.25, 0.3) is 0 Å². The van der Waals surface area contributed by atoms with Crippen LogP contribution in [0.3, 0.4) is 0 Å². The molecule has 5 rings (SSSR count). The lowest BCUT2D eigenvalue weighted by Crippen LogP contribution is -2.54. The summed E-state index contributed by atoms with van der Waals surface area (Å²) < 4.78 is 69.9. The fourth-order valence-electron chi connectivity index (χ4n) is 5.33. The van der Waals surface area contributed by atoms with Crippen LogP contribution in [0.4, 0.5) is 13.2 Å². The zero-order valence-electron chi connectivity index (χ0n) is 25.5. The topological polar surface area (TPSA) is 137 Å². The number of aromatic nitrogens is 6. The van der Waals surface area contributed by atoms with Gasteiger partial charge in [0, 0.05) is 22.9 Å². The third-order valence-electron chi connectivity index (χ3n) is 7.92. The zero-order chi connectivity index (χ0) is 34.0. The number of aliphatic hydroxyl groups is 2. The van der Waals surface area contributed by atoms with E-state index >= 15 is 0 Å². The molecule has 1 aliphatic heterocycles. The summed E-state index contributed by atoms with van der Waals surface area (Å²) in [7, 11) is -2.57. The minimum atomic E-state index is -2.57. The monoisotopic (exact) mass is 714 g/mol. The summed E-state index contributed by atoms with van der Waals surface area (Å²) >= 11 is 12.8. The van der Waals surface area contributed by atoms with E-state index in [1.165, 1.54) is 15.6 Å². The predicted octanol–water partition coefficient (Wildman–Crippen LogP) is 5.89. The summed E-state index contributed by atoms with van der Waals surface area (Å²) in [5, 5.41) is 35.0. The van der Waals surface area contributed by atoms with Crippen molar-refractivity contribution in [2.75, 3.05) is 25.5 Å². The highest BCUT2D eigenvalue weighted by Gasteiger charge is 2.50. The standard InChI is InChI=1S/C30H32Cl2F3N6O5P/c1-4-47(44,5-2)10-6-9-45-28-26(40-14-22(37-39-40)17-11-20(33)25(35)21(34)12-17)27(43)24(15-42)46-29(28)30-36-16(3)38-41(30)23-13-18(31)7-8-19(23)32/h6-8,10-14,24,26-29,42-43H,4-5,9,15H2,1-3H3/b10-6+/t24-,26+,27+,28-,29-/m1/s1. The van der Waals surface area contributed by atoms with Gasteiger partial charge in [-0.25, -0.2) is 27.5 Å². The molecule has 1 saturated heterocycles. The average Bonchev–Trinajstić information content (AvgIpc) is 3.70. The maximum Gasteiger partial charge on any atom is 0.194 e. The molecule has 0 saturated carbocycles. The van der Waals surface area contributed by atoms with Crippen molar-refractivity contribution in [3.05, 3.63) is 87.6 Å². The number of aryl methyl sites for hydroxylation is 1. The molecule has 3 heterocycles. The molecule has 0 aliphatic carbocycles. The Morgan fingerprint density at radius 2 is 1.83 bits per heavy atom. The number of ether oxygens (including phenoxy) is 2. The first-order valence-corrected chi connectivity index (χ1v) is 17.6. The number of hydrogen-bond acceptors (Lipinski definition) is 9. The van der Waals surface area contributed by atoms with Crippen molar-refractivity contribution in [2.45, 2.75) is 51.2 Å². The van der Waals surface area contributed by atoms with Crippen LogP contribution in [0.2, 0.25) is 10.0 Å². The SMILES string of the molecule is CCP(=O)(/C=C/CO[C@@H]1[C@@H](n2cc(-c3cc(F)c(F)c(F)c3)nn2)[C@@H](O)[C@@H](CO)O[C@H]1c1nc(C)nn1-c1cc(Cl)ccc1Cl)CC. The summed E-state index contributed by atoms with van der Waals surface area (Å²) in [4.78, 5) is 4.58. The van der Waals surface area contributed by atoms with Crippen LogP contribution in [0.15, 0.2) is 48.4 Å². The Hall–Kier alpha value is -3.10. The largest absolute Gasteiger partial charge is 0.394 e. The molecule has 11 nitrogen and oxygen atoms in total. The molecule has 5 atom stereocenters. The second kappa shape index (κ2) is 14.6. The van der Waals surface area contributed by atoms with Gasteiger partial charge in [0.1, 0.15) is 49.1 Å². The molecule has 1 fully saturated rings. The van der Waals surface area contributed by atoms with Gasteiger partial charge < -0.3 is 24.3 Å². The molecule has 0 unspecified atom stereocenters. The third kappa shape index (κ3) is 7.34. The molecule has 2 N–H and O–H groups in total. The predicted molar refractivity (Wildman–Crippen MR) is 169 cm³/mol. The zero-order valence-corrected chi connectivity index (χ0v) is 27.9. The van der Waals surface area contributed by atoms with E-state index in [-0.39, 0.29) is 23.7 Å².